The largest absolute Gasteiger partial charge is 0.491 e. The minimum atomic E-state index is -0.403. The Hall–Kier alpha value is -2.89. The van der Waals surface area contributed by atoms with E-state index in [4.69, 9.17) is 4.74 Å². The van der Waals surface area contributed by atoms with Crippen molar-refractivity contribution in [2.24, 2.45) is 5.92 Å². The van der Waals surface area contributed by atoms with Crippen molar-refractivity contribution in [1.29, 1.82) is 0 Å². The normalized spacial score (nSPS) is 16.5. The Labute approximate surface area is 164 Å². The number of anilines is 1. The van der Waals surface area contributed by atoms with Gasteiger partial charge in [0.25, 0.3) is 0 Å². The summed E-state index contributed by atoms with van der Waals surface area (Å²) in [5, 5.41) is 2.82. The monoisotopic (exact) mass is 384 g/mol. The van der Waals surface area contributed by atoms with E-state index in [1.54, 1.807) is 23.1 Å². The van der Waals surface area contributed by atoms with Gasteiger partial charge in [-0.05, 0) is 56.2 Å². The van der Waals surface area contributed by atoms with Crippen LogP contribution in [-0.2, 0) is 16.0 Å². The van der Waals surface area contributed by atoms with Crippen molar-refractivity contribution >= 4 is 17.5 Å². The summed E-state index contributed by atoms with van der Waals surface area (Å²) in [4.78, 5) is 26.4. The van der Waals surface area contributed by atoms with Crippen LogP contribution < -0.4 is 15.0 Å². The summed E-state index contributed by atoms with van der Waals surface area (Å²) in [6.45, 7) is 4.58. The number of carbonyl (C=O) groups excluding carboxylic acids is 2. The summed E-state index contributed by atoms with van der Waals surface area (Å²) < 4.78 is 19.2. The summed E-state index contributed by atoms with van der Waals surface area (Å²) in [5.41, 5.74) is 1.32. The molecule has 6 heteroatoms. The van der Waals surface area contributed by atoms with Crippen LogP contribution in [0, 0.1) is 11.7 Å². The van der Waals surface area contributed by atoms with E-state index in [2.05, 4.69) is 5.32 Å². The average Bonchev–Trinajstić information content (AvgIpc) is 3.05. The number of rotatable bonds is 7. The molecule has 1 fully saturated rings. The van der Waals surface area contributed by atoms with Gasteiger partial charge in [0.1, 0.15) is 11.6 Å². The van der Waals surface area contributed by atoms with Crippen LogP contribution in [0.25, 0.3) is 0 Å². The average molecular weight is 384 g/mol. The molecule has 0 radical (unpaired) electrons. The summed E-state index contributed by atoms with van der Waals surface area (Å²) in [5.74, 6) is -0.185. The Bertz CT molecular complexity index is 836. The maximum Gasteiger partial charge on any atom is 0.227 e. The number of benzene rings is 2. The standard InChI is InChI=1S/C22H25FN2O3/c1-15(2)28-19-9-7-18(8-10-19)25-14-17(13-21(25)26)22(27)24-12-11-16-5-3-4-6-20(16)23/h3-10,15,17H,11-14H2,1-2H3,(H,24,27). The van der Waals surface area contributed by atoms with E-state index in [1.807, 2.05) is 38.1 Å². The highest BCUT2D eigenvalue weighted by Gasteiger charge is 2.34. The molecule has 1 aliphatic heterocycles. The van der Waals surface area contributed by atoms with Crippen LogP contribution in [0.1, 0.15) is 25.8 Å². The first-order valence-electron chi connectivity index (χ1n) is 9.52. The minimum absolute atomic E-state index is 0.0771. The molecular weight excluding hydrogens is 359 g/mol. The molecule has 2 aromatic rings. The van der Waals surface area contributed by atoms with Gasteiger partial charge in [0, 0.05) is 25.2 Å². The first-order valence-corrected chi connectivity index (χ1v) is 9.52. The first-order chi connectivity index (χ1) is 13.4. The van der Waals surface area contributed by atoms with Crippen molar-refractivity contribution in [3.63, 3.8) is 0 Å². The van der Waals surface area contributed by atoms with Crippen molar-refractivity contribution < 1.29 is 18.7 Å². The lowest BCUT2D eigenvalue weighted by Gasteiger charge is -2.18. The molecule has 1 heterocycles. The number of halogens is 1. The Kier molecular flexibility index (Phi) is 6.29. The van der Waals surface area contributed by atoms with E-state index in [0.29, 0.717) is 25.1 Å². The van der Waals surface area contributed by atoms with Gasteiger partial charge in [-0.1, -0.05) is 18.2 Å². The SMILES string of the molecule is CC(C)Oc1ccc(N2CC(C(=O)NCCc3ccccc3F)CC2=O)cc1. The fraction of sp³-hybridized carbons (Fsp3) is 0.364. The van der Waals surface area contributed by atoms with Gasteiger partial charge < -0.3 is 15.0 Å². The molecule has 0 aromatic heterocycles. The highest BCUT2D eigenvalue weighted by Crippen LogP contribution is 2.27. The van der Waals surface area contributed by atoms with Gasteiger partial charge in [-0.15, -0.1) is 0 Å². The zero-order chi connectivity index (χ0) is 20.1. The van der Waals surface area contributed by atoms with Crippen LogP contribution >= 0.6 is 0 Å². The first kappa shape index (κ1) is 19.9. The summed E-state index contributed by atoms with van der Waals surface area (Å²) >= 11 is 0. The molecule has 3 rings (SSSR count). The van der Waals surface area contributed by atoms with Crippen molar-refractivity contribution in [3.8, 4) is 5.75 Å². The molecule has 28 heavy (non-hydrogen) atoms. The molecule has 2 aromatic carbocycles. The second-order valence-corrected chi connectivity index (χ2v) is 7.20. The van der Waals surface area contributed by atoms with Gasteiger partial charge in [0.05, 0.1) is 12.0 Å². The summed E-state index contributed by atoms with van der Waals surface area (Å²) in [6, 6.07) is 13.8. The number of ether oxygens (including phenoxy) is 1. The molecule has 2 amide bonds. The molecule has 0 spiro atoms. The maximum absolute atomic E-state index is 13.6. The van der Waals surface area contributed by atoms with Crippen LogP contribution in [-0.4, -0.2) is 31.0 Å². The van der Waals surface area contributed by atoms with Crippen LogP contribution in [0.2, 0.25) is 0 Å². The van der Waals surface area contributed by atoms with Crippen LogP contribution in [0.15, 0.2) is 48.5 Å². The number of carbonyl (C=O) groups is 2. The lowest BCUT2D eigenvalue weighted by atomic mass is 10.1. The zero-order valence-corrected chi connectivity index (χ0v) is 16.2. The van der Waals surface area contributed by atoms with E-state index in [9.17, 15) is 14.0 Å². The topological polar surface area (TPSA) is 58.6 Å². The lowest BCUT2D eigenvalue weighted by molar-refractivity contribution is -0.126. The van der Waals surface area contributed by atoms with E-state index < -0.39 is 5.92 Å². The summed E-state index contributed by atoms with van der Waals surface area (Å²) in [6.07, 6.45) is 0.673. The highest BCUT2D eigenvalue weighted by molar-refractivity contribution is 6.00. The van der Waals surface area contributed by atoms with E-state index >= 15 is 0 Å². The Morgan fingerprint density at radius 3 is 2.61 bits per heavy atom. The van der Waals surface area contributed by atoms with Crippen molar-refractivity contribution in [2.75, 3.05) is 18.0 Å². The molecule has 1 unspecified atom stereocenters. The molecule has 0 aliphatic carbocycles. The van der Waals surface area contributed by atoms with Gasteiger partial charge >= 0.3 is 0 Å². The number of nitrogens with one attached hydrogen (secondary N) is 1. The third-order valence-electron chi connectivity index (χ3n) is 4.67. The van der Waals surface area contributed by atoms with Gasteiger partial charge in [-0.3, -0.25) is 9.59 Å². The van der Waals surface area contributed by atoms with Crippen molar-refractivity contribution in [3.05, 3.63) is 59.9 Å². The molecule has 1 atom stereocenters. The second kappa shape index (κ2) is 8.87. The number of amides is 2. The summed E-state index contributed by atoms with van der Waals surface area (Å²) in [7, 11) is 0. The maximum atomic E-state index is 13.6. The van der Waals surface area contributed by atoms with Crippen LogP contribution in [0.5, 0.6) is 5.75 Å². The van der Waals surface area contributed by atoms with E-state index in [-0.39, 0.29) is 30.2 Å². The third-order valence-corrected chi connectivity index (χ3v) is 4.67. The molecule has 148 valence electrons. The Morgan fingerprint density at radius 1 is 1.21 bits per heavy atom. The second-order valence-electron chi connectivity index (χ2n) is 7.20. The van der Waals surface area contributed by atoms with Gasteiger partial charge in [-0.2, -0.15) is 0 Å². The number of nitrogens with zero attached hydrogens (tertiary/aromatic N) is 1. The van der Waals surface area contributed by atoms with Crippen molar-refractivity contribution in [1.82, 2.24) is 5.32 Å². The molecule has 0 saturated carbocycles. The predicted octanol–water partition coefficient (Wildman–Crippen LogP) is 3.32. The predicted molar refractivity (Wildman–Crippen MR) is 106 cm³/mol. The quantitative estimate of drug-likeness (QED) is 0.797. The molecule has 1 aliphatic rings. The molecule has 0 bridgehead atoms. The highest BCUT2D eigenvalue weighted by atomic mass is 19.1. The molecule has 1 N–H and O–H groups in total. The zero-order valence-electron chi connectivity index (χ0n) is 16.2. The van der Waals surface area contributed by atoms with E-state index in [0.717, 1.165) is 11.4 Å². The Balaban J connectivity index is 1.53. The fourth-order valence-corrected chi connectivity index (χ4v) is 3.28. The lowest BCUT2D eigenvalue weighted by Crippen LogP contribution is -2.34. The fourth-order valence-electron chi connectivity index (χ4n) is 3.28. The minimum Gasteiger partial charge on any atom is -0.491 e. The van der Waals surface area contributed by atoms with Gasteiger partial charge in [0.2, 0.25) is 11.8 Å². The van der Waals surface area contributed by atoms with Gasteiger partial charge in [-0.25, -0.2) is 4.39 Å². The number of hydrogen-bond donors (Lipinski definition) is 1. The molecule has 5 nitrogen and oxygen atoms in total. The third kappa shape index (κ3) is 4.88. The van der Waals surface area contributed by atoms with Crippen LogP contribution in [0.3, 0.4) is 0 Å². The van der Waals surface area contributed by atoms with Gasteiger partial charge in [0.15, 0.2) is 0 Å². The smallest absolute Gasteiger partial charge is 0.227 e. The van der Waals surface area contributed by atoms with Crippen LogP contribution in [0.4, 0.5) is 10.1 Å². The number of hydrogen-bond acceptors (Lipinski definition) is 3. The van der Waals surface area contributed by atoms with E-state index in [1.165, 1.54) is 6.07 Å². The van der Waals surface area contributed by atoms with Crippen molar-refractivity contribution in [2.45, 2.75) is 32.8 Å². The molecule has 1 saturated heterocycles. The Morgan fingerprint density at radius 2 is 1.93 bits per heavy atom. The molecular formula is C22H25FN2O3.